The monoisotopic (exact) mass is 398 g/mol. The Bertz CT molecular complexity index is 798. The summed E-state index contributed by atoms with van der Waals surface area (Å²) in [5.74, 6) is 4.24. The van der Waals surface area contributed by atoms with Gasteiger partial charge in [-0.25, -0.2) is 0 Å². The van der Waals surface area contributed by atoms with Gasteiger partial charge in [0, 0.05) is 18.3 Å². The van der Waals surface area contributed by atoms with Crippen LogP contribution in [0.3, 0.4) is 0 Å². The first-order valence-corrected chi connectivity index (χ1v) is 12.0. The summed E-state index contributed by atoms with van der Waals surface area (Å²) in [7, 11) is 0. The Balaban J connectivity index is 1.62. The third kappa shape index (κ3) is 2.20. The Morgan fingerprint density at radius 1 is 0.966 bits per heavy atom. The Morgan fingerprint density at radius 2 is 1.69 bits per heavy atom. The Hall–Kier alpha value is -1.12. The van der Waals surface area contributed by atoms with Crippen molar-refractivity contribution in [3.63, 3.8) is 0 Å². The molecule has 0 radical (unpaired) electrons. The summed E-state index contributed by atoms with van der Waals surface area (Å²) in [5, 5.41) is 0. The van der Waals surface area contributed by atoms with Gasteiger partial charge in [-0.2, -0.15) is 0 Å². The van der Waals surface area contributed by atoms with Gasteiger partial charge in [-0.05, 0) is 78.6 Å². The number of rotatable bonds is 0. The van der Waals surface area contributed by atoms with Crippen LogP contribution in [0, 0.1) is 52.3 Å². The van der Waals surface area contributed by atoms with E-state index < -0.39 is 0 Å². The van der Waals surface area contributed by atoms with Gasteiger partial charge in [-0.3, -0.25) is 9.59 Å². The van der Waals surface area contributed by atoms with Crippen LogP contribution in [0.4, 0.5) is 0 Å². The average Bonchev–Trinajstić information content (AvgIpc) is 3.15. The number of hydrogen-bond donors (Lipinski definition) is 0. The van der Waals surface area contributed by atoms with Gasteiger partial charge in [0.1, 0.15) is 5.60 Å². The minimum Gasteiger partial charge on any atom is -0.458 e. The summed E-state index contributed by atoms with van der Waals surface area (Å²) in [4.78, 5) is 24.6. The summed E-state index contributed by atoms with van der Waals surface area (Å²) >= 11 is 0. The summed E-state index contributed by atoms with van der Waals surface area (Å²) in [5.41, 5.74) is 1.42. The zero-order chi connectivity index (χ0) is 20.9. The minimum absolute atomic E-state index is 0.0149. The Labute approximate surface area is 176 Å². The van der Waals surface area contributed by atoms with Gasteiger partial charge < -0.3 is 4.74 Å². The van der Waals surface area contributed by atoms with E-state index in [-0.39, 0.29) is 22.4 Å². The van der Waals surface area contributed by atoms with Crippen LogP contribution in [-0.4, -0.2) is 17.4 Å². The van der Waals surface area contributed by atoms with E-state index in [4.69, 9.17) is 4.74 Å². The molecule has 1 saturated heterocycles. The number of hydrogen-bond acceptors (Lipinski definition) is 3. The zero-order valence-corrected chi connectivity index (χ0v) is 19.1. The Kier molecular flexibility index (Phi) is 4.09. The van der Waals surface area contributed by atoms with Crippen LogP contribution in [0.2, 0.25) is 0 Å². The molecule has 5 aliphatic rings. The van der Waals surface area contributed by atoms with Crippen LogP contribution >= 0.6 is 0 Å². The molecule has 0 bridgehead atoms. The number of carbonyl (C=O) groups is 2. The minimum atomic E-state index is -0.262. The average molecular weight is 399 g/mol. The van der Waals surface area contributed by atoms with E-state index in [0.29, 0.717) is 60.1 Å². The molecule has 1 aliphatic heterocycles. The molecule has 0 N–H and O–H groups in total. The fourth-order valence-corrected chi connectivity index (χ4v) is 9.53. The van der Waals surface area contributed by atoms with Crippen molar-refractivity contribution in [2.45, 2.75) is 85.7 Å². The molecular formula is C26H38O3. The molecule has 0 amide bonds. The van der Waals surface area contributed by atoms with E-state index in [9.17, 15) is 9.59 Å². The largest absolute Gasteiger partial charge is 0.458 e. The first-order chi connectivity index (χ1) is 13.6. The smallest absolute Gasteiger partial charge is 0.306 e. The van der Waals surface area contributed by atoms with E-state index >= 15 is 0 Å². The molecule has 5 unspecified atom stereocenters. The van der Waals surface area contributed by atoms with Crippen molar-refractivity contribution in [3.05, 3.63) is 11.6 Å². The molecule has 0 aromatic rings. The second kappa shape index (κ2) is 5.98. The predicted octanol–water partition coefficient (Wildman–Crippen LogP) is 5.58. The summed E-state index contributed by atoms with van der Waals surface area (Å²) in [6.45, 7) is 14.5. The number of ether oxygens (including phenoxy) is 1. The van der Waals surface area contributed by atoms with Crippen molar-refractivity contribution in [3.8, 4) is 0 Å². The van der Waals surface area contributed by atoms with Crippen molar-refractivity contribution >= 4 is 11.8 Å². The molecule has 5 rings (SSSR count). The molecule has 1 heterocycles. The third-order valence-electron chi connectivity index (χ3n) is 11.2. The predicted molar refractivity (Wildman–Crippen MR) is 113 cm³/mol. The fraction of sp³-hybridized carbons (Fsp3) is 0.846. The second-order valence-corrected chi connectivity index (χ2v) is 11.8. The first kappa shape index (κ1) is 19.8. The molecule has 4 fully saturated rings. The van der Waals surface area contributed by atoms with Crippen molar-refractivity contribution < 1.29 is 14.3 Å². The molecule has 29 heavy (non-hydrogen) atoms. The lowest BCUT2D eigenvalue weighted by molar-refractivity contribution is -0.177. The quantitative estimate of drug-likeness (QED) is 0.500. The fourth-order valence-electron chi connectivity index (χ4n) is 9.53. The molecule has 3 nitrogen and oxygen atoms in total. The number of carbonyl (C=O) groups excluding carboxylic acids is 2. The zero-order valence-electron chi connectivity index (χ0n) is 19.1. The third-order valence-corrected chi connectivity index (χ3v) is 11.2. The van der Waals surface area contributed by atoms with Crippen LogP contribution in [-0.2, 0) is 14.3 Å². The van der Waals surface area contributed by atoms with Gasteiger partial charge in [0.2, 0.25) is 0 Å². The standard InChI is InChI=1S/C26H38O3/c1-14-15(2)22-19(24(5)10-7-18(27)13-20(14)24)8-11-25(6)23(22)16(3)17(4)26(25)12-9-21(28)29-26/h13-17,19,22-23H,7-12H2,1-6H3/t14-,15?,16?,17+,19?,22?,23?,24-,25+,26+/m1/s1. The van der Waals surface area contributed by atoms with Gasteiger partial charge in [0.15, 0.2) is 5.78 Å². The van der Waals surface area contributed by atoms with E-state index in [0.717, 1.165) is 19.3 Å². The lowest BCUT2D eigenvalue weighted by Crippen LogP contribution is -2.59. The van der Waals surface area contributed by atoms with Crippen molar-refractivity contribution in [1.82, 2.24) is 0 Å². The topological polar surface area (TPSA) is 43.4 Å². The molecule has 0 aromatic carbocycles. The Morgan fingerprint density at radius 3 is 2.34 bits per heavy atom. The maximum absolute atomic E-state index is 12.3. The number of ketones is 1. The first-order valence-electron chi connectivity index (χ1n) is 12.0. The lowest BCUT2D eigenvalue weighted by atomic mass is 9.42. The molecule has 3 heteroatoms. The number of fused-ring (bicyclic) bond motifs is 6. The highest BCUT2D eigenvalue weighted by Crippen LogP contribution is 2.73. The van der Waals surface area contributed by atoms with Gasteiger partial charge in [0.25, 0.3) is 0 Å². The SMILES string of the molecule is CC1C2C(CC[C@@]3(C)C2C(C)[C@H](C)[C@@]32CCC(=O)O2)[C@@]2(C)CCC(=O)C=C2[C@@H]1C. The van der Waals surface area contributed by atoms with E-state index in [2.05, 4.69) is 41.5 Å². The number of allylic oxidation sites excluding steroid dienone is 1. The maximum atomic E-state index is 12.3. The highest BCUT2D eigenvalue weighted by Gasteiger charge is 2.73. The molecule has 1 spiro atoms. The van der Waals surface area contributed by atoms with Gasteiger partial charge in [0.05, 0.1) is 0 Å². The second-order valence-electron chi connectivity index (χ2n) is 11.8. The molecule has 3 saturated carbocycles. The molecule has 0 aromatic heterocycles. The van der Waals surface area contributed by atoms with Gasteiger partial charge >= 0.3 is 5.97 Å². The van der Waals surface area contributed by atoms with Crippen LogP contribution in [0.25, 0.3) is 0 Å². The van der Waals surface area contributed by atoms with E-state index in [1.165, 1.54) is 12.0 Å². The highest BCUT2D eigenvalue weighted by molar-refractivity contribution is 5.91. The molecule has 4 aliphatic carbocycles. The van der Waals surface area contributed by atoms with Crippen molar-refractivity contribution in [2.75, 3.05) is 0 Å². The van der Waals surface area contributed by atoms with Gasteiger partial charge in [-0.15, -0.1) is 0 Å². The summed E-state index contributed by atoms with van der Waals surface area (Å²) < 4.78 is 6.26. The van der Waals surface area contributed by atoms with Crippen LogP contribution in [0.1, 0.15) is 80.1 Å². The van der Waals surface area contributed by atoms with Gasteiger partial charge in [-0.1, -0.05) is 47.1 Å². The van der Waals surface area contributed by atoms with Crippen molar-refractivity contribution in [1.29, 1.82) is 0 Å². The van der Waals surface area contributed by atoms with E-state index in [1.54, 1.807) is 0 Å². The lowest BCUT2D eigenvalue weighted by Gasteiger charge is -2.63. The maximum Gasteiger partial charge on any atom is 0.306 e. The normalized spacial score (nSPS) is 56.5. The molecule has 160 valence electrons. The van der Waals surface area contributed by atoms with Crippen LogP contribution in [0.15, 0.2) is 11.6 Å². The van der Waals surface area contributed by atoms with E-state index in [1.807, 2.05) is 6.08 Å². The number of esters is 1. The van der Waals surface area contributed by atoms with Crippen molar-refractivity contribution in [2.24, 2.45) is 52.3 Å². The highest BCUT2D eigenvalue weighted by atomic mass is 16.6. The summed E-state index contributed by atoms with van der Waals surface area (Å²) in [6.07, 6.45) is 7.60. The molecular weight excluding hydrogens is 360 g/mol. The molecule has 10 atom stereocenters. The van der Waals surface area contributed by atoms with Crippen LogP contribution in [0.5, 0.6) is 0 Å². The summed E-state index contributed by atoms with van der Waals surface area (Å²) in [6, 6.07) is 0. The van der Waals surface area contributed by atoms with Crippen LogP contribution < -0.4 is 0 Å².